The van der Waals surface area contributed by atoms with Gasteiger partial charge in [-0.05, 0) is 37.1 Å². The highest BCUT2D eigenvalue weighted by atomic mass is 79.9. The molecule has 3 N–H and O–H groups in total. The molecule has 0 saturated carbocycles. The summed E-state index contributed by atoms with van der Waals surface area (Å²) >= 11 is 3.44. The minimum atomic E-state index is -3.15. The van der Waals surface area contributed by atoms with Crippen LogP contribution in [0.25, 0.3) is 0 Å². The van der Waals surface area contributed by atoms with Gasteiger partial charge < -0.3 is 4.74 Å². The lowest BCUT2D eigenvalue weighted by Gasteiger charge is -2.22. The zero-order valence-electron chi connectivity index (χ0n) is 11.2. The standard InChI is InChI=1S/C12H19BrN2O3S/c1-8(19(3,16)17)12(15-14)7-9-6-10(18-2)4-5-11(9)13/h4-6,8,12,15H,7,14H2,1-3H3. The van der Waals surface area contributed by atoms with Crippen LogP contribution < -0.4 is 16.0 Å². The van der Waals surface area contributed by atoms with Gasteiger partial charge in [0.25, 0.3) is 0 Å². The van der Waals surface area contributed by atoms with E-state index >= 15 is 0 Å². The summed E-state index contributed by atoms with van der Waals surface area (Å²) in [5.74, 6) is 6.20. The number of hydrogen-bond donors (Lipinski definition) is 2. The van der Waals surface area contributed by atoms with Gasteiger partial charge in [-0.15, -0.1) is 0 Å². The van der Waals surface area contributed by atoms with E-state index in [9.17, 15) is 8.42 Å². The molecule has 0 amide bonds. The molecule has 0 fully saturated rings. The third-order valence-corrected chi connectivity index (χ3v) is 5.60. The number of benzene rings is 1. The second-order valence-electron chi connectivity index (χ2n) is 4.47. The molecule has 0 aliphatic carbocycles. The van der Waals surface area contributed by atoms with Crippen molar-refractivity contribution >= 4 is 25.8 Å². The summed E-state index contributed by atoms with van der Waals surface area (Å²) in [6, 6.07) is 5.20. The van der Waals surface area contributed by atoms with E-state index in [1.165, 1.54) is 6.26 Å². The van der Waals surface area contributed by atoms with Crippen LogP contribution in [0.3, 0.4) is 0 Å². The Morgan fingerprint density at radius 2 is 2.11 bits per heavy atom. The minimum absolute atomic E-state index is 0.363. The lowest BCUT2D eigenvalue weighted by Crippen LogP contribution is -2.47. The van der Waals surface area contributed by atoms with Crippen molar-refractivity contribution in [2.45, 2.75) is 24.6 Å². The zero-order chi connectivity index (χ0) is 14.6. The van der Waals surface area contributed by atoms with E-state index in [1.54, 1.807) is 14.0 Å². The van der Waals surface area contributed by atoms with Gasteiger partial charge in [-0.3, -0.25) is 11.3 Å². The Balaban J connectivity index is 2.99. The fourth-order valence-corrected chi connectivity index (χ4v) is 2.91. The summed E-state index contributed by atoms with van der Waals surface area (Å²) in [6.45, 7) is 1.65. The number of hydrazine groups is 1. The van der Waals surface area contributed by atoms with E-state index < -0.39 is 15.1 Å². The van der Waals surface area contributed by atoms with Crippen LogP contribution in [-0.2, 0) is 16.3 Å². The SMILES string of the molecule is COc1ccc(Br)c(CC(NN)C(C)S(C)(=O)=O)c1. The van der Waals surface area contributed by atoms with Crippen LogP contribution in [0.1, 0.15) is 12.5 Å². The predicted molar refractivity (Wildman–Crippen MR) is 79.8 cm³/mol. The lowest BCUT2D eigenvalue weighted by atomic mass is 10.0. The molecule has 2 atom stereocenters. The van der Waals surface area contributed by atoms with Gasteiger partial charge in [-0.25, -0.2) is 8.42 Å². The number of rotatable bonds is 6. The second kappa shape index (κ2) is 6.69. The molecule has 0 heterocycles. The van der Waals surface area contributed by atoms with Gasteiger partial charge in [0.05, 0.1) is 12.4 Å². The average Bonchev–Trinajstić information content (AvgIpc) is 2.36. The maximum Gasteiger partial charge on any atom is 0.151 e. The quantitative estimate of drug-likeness (QED) is 0.596. The van der Waals surface area contributed by atoms with Gasteiger partial charge >= 0.3 is 0 Å². The molecule has 0 bridgehead atoms. The Bertz CT molecular complexity index is 534. The molecule has 2 unspecified atom stereocenters. The minimum Gasteiger partial charge on any atom is -0.497 e. The predicted octanol–water partition coefficient (Wildman–Crippen LogP) is 1.27. The van der Waals surface area contributed by atoms with Gasteiger partial charge in [0.1, 0.15) is 5.75 Å². The number of halogens is 1. The van der Waals surface area contributed by atoms with Crippen molar-refractivity contribution in [3.8, 4) is 5.75 Å². The first kappa shape index (κ1) is 16.4. The first-order chi connectivity index (χ1) is 8.79. The van der Waals surface area contributed by atoms with Gasteiger partial charge in [0, 0.05) is 16.8 Å². The van der Waals surface area contributed by atoms with Crippen LogP contribution >= 0.6 is 15.9 Å². The van der Waals surface area contributed by atoms with Crippen molar-refractivity contribution in [3.05, 3.63) is 28.2 Å². The fraction of sp³-hybridized carbons (Fsp3) is 0.500. The van der Waals surface area contributed by atoms with Gasteiger partial charge in [0.15, 0.2) is 9.84 Å². The molecular formula is C12H19BrN2O3S. The van der Waals surface area contributed by atoms with Crippen LogP contribution in [0, 0.1) is 0 Å². The zero-order valence-corrected chi connectivity index (χ0v) is 13.6. The molecule has 0 saturated heterocycles. The van der Waals surface area contributed by atoms with Crippen LogP contribution in [0.4, 0.5) is 0 Å². The third-order valence-electron chi connectivity index (χ3n) is 3.15. The summed E-state index contributed by atoms with van der Waals surface area (Å²) in [5.41, 5.74) is 3.52. The summed E-state index contributed by atoms with van der Waals surface area (Å²) in [7, 11) is -1.56. The molecule has 7 heteroatoms. The molecule has 19 heavy (non-hydrogen) atoms. The van der Waals surface area contributed by atoms with Crippen LogP contribution in [0.2, 0.25) is 0 Å². The first-order valence-corrected chi connectivity index (χ1v) is 8.51. The Morgan fingerprint density at radius 1 is 1.47 bits per heavy atom. The highest BCUT2D eigenvalue weighted by Crippen LogP contribution is 2.24. The van der Waals surface area contributed by atoms with E-state index in [0.29, 0.717) is 6.42 Å². The molecule has 0 aromatic heterocycles. The fourth-order valence-electron chi connectivity index (χ4n) is 1.73. The van der Waals surface area contributed by atoms with Crippen molar-refractivity contribution in [2.24, 2.45) is 5.84 Å². The lowest BCUT2D eigenvalue weighted by molar-refractivity contribution is 0.413. The summed E-state index contributed by atoms with van der Waals surface area (Å²) in [4.78, 5) is 0. The van der Waals surface area contributed by atoms with Crippen LogP contribution in [0.15, 0.2) is 22.7 Å². The number of sulfone groups is 1. The maximum atomic E-state index is 11.6. The van der Waals surface area contributed by atoms with Crippen molar-refractivity contribution in [1.29, 1.82) is 0 Å². The topological polar surface area (TPSA) is 81.4 Å². The number of hydrogen-bond acceptors (Lipinski definition) is 5. The molecule has 0 spiro atoms. The van der Waals surface area contributed by atoms with Crippen LogP contribution in [0.5, 0.6) is 5.75 Å². The summed E-state index contributed by atoms with van der Waals surface area (Å²) in [6.07, 6.45) is 1.70. The van der Waals surface area contributed by atoms with Crippen molar-refractivity contribution in [2.75, 3.05) is 13.4 Å². The highest BCUT2D eigenvalue weighted by molar-refractivity contribution is 9.10. The Hall–Kier alpha value is -0.630. The van der Waals surface area contributed by atoms with Crippen LogP contribution in [-0.4, -0.2) is 33.1 Å². The molecule has 1 aromatic rings. The Kier molecular flexibility index (Phi) is 5.79. The summed E-state index contributed by atoms with van der Waals surface area (Å²) < 4.78 is 29.3. The molecule has 108 valence electrons. The number of nitrogens with one attached hydrogen (secondary N) is 1. The van der Waals surface area contributed by atoms with Crippen molar-refractivity contribution in [1.82, 2.24) is 5.43 Å². The van der Waals surface area contributed by atoms with Gasteiger partial charge in [-0.2, -0.15) is 0 Å². The van der Waals surface area contributed by atoms with Gasteiger partial charge in [0.2, 0.25) is 0 Å². The molecule has 0 aliphatic heterocycles. The van der Waals surface area contributed by atoms with E-state index in [1.807, 2.05) is 18.2 Å². The molecule has 1 rings (SSSR count). The van der Waals surface area contributed by atoms with Crippen molar-refractivity contribution < 1.29 is 13.2 Å². The Labute approximate surface area is 122 Å². The Morgan fingerprint density at radius 3 is 2.58 bits per heavy atom. The molecular weight excluding hydrogens is 332 g/mol. The number of nitrogens with two attached hydrogens (primary N) is 1. The third kappa shape index (κ3) is 4.45. The first-order valence-electron chi connectivity index (χ1n) is 5.77. The monoisotopic (exact) mass is 350 g/mol. The highest BCUT2D eigenvalue weighted by Gasteiger charge is 2.25. The molecule has 5 nitrogen and oxygen atoms in total. The second-order valence-corrected chi connectivity index (χ2v) is 7.73. The number of ether oxygens (including phenoxy) is 1. The normalized spacial score (nSPS) is 15.0. The molecule has 1 aromatic carbocycles. The summed E-state index contributed by atoms with van der Waals surface area (Å²) in [5, 5.41) is -0.574. The molecule has 0 aliphatic rings. The largest absolute Gasteiger partial charge is 0.497 e. The van der Waals surface area contributed by atoms with E-state index in [4.69, 9.17) is 10.6 Å². The van der Waals surface area contributed by atoms with E-state index in [0.717, 1.165) is 15.8 Å². The van der Waals surface area contributed by atoms with Crippen molar-refractivity contribution in [3.63, 3.8) is 0 Å². The van der Waals surface area contributed by atoms with E-state index in [-0.39, 0.29) is 6.04 Å². The smallest absolute Gasteiger partial charge is 0.151 e. The number of methoxy groups -OCH3 is 1. The van der Waals surface area contributed by atoms with Gasteiger partial charge in [-0.1, -0.05) is 15.9 Å². The van der Waals surface area contributed by atoms with E-state index in [2.05, 4.69) is 21.4 Å². The molecule has 0 radical (unpaired) electrons. The average molecular weight is 351 g/mol. The maximum absolute atomic E-state index is 11.6.